The number of nitrogens with one attached hydrogen (secondary N) is 1. The molecule has 0 saturated carbocycles. The summed E-state index contributed by atoms with van der Waals surface area (Å²) in [5, 5.41) is 2.82. The van der Waals surface area contributed by atoms with E-state index in [1.54, 1.807) is 21.3 Å². The molecule has 0 atom stereocenters. The highest BCUT2D eigenvalue weighted by Gasteiger charge is 2.24. The first-order chi connectivity index (χ1) is 17.0. The predicted octanol–water partition coefficient (Wildman–Crippen LogP) is 4.30. The minimum absolute atomic E-state index is 0.0524. The molecule has 8 nitrogen and oxygen atoms in total. The van der Waals surface area contributed by atoms with Crippen molar-refractivity contribution in [2.24, 2.45) is 0 Å². The van der Waals surface area contributed by atoms with Crippen LogP contribution >= 0.6 is 0 Å². The smallest absolute Gasteiger partial charge is 0.221 e. The zero-order valence-electron chi connectivity index (χ0n) is 20.9. The van der Waals surface area contributed by atoms with Crippen molar-refractivity contribution < 1.29 is 19.0 Å². The van der Waals surface area contributed by atoms with Crippen LogP contribution in [-0.2, 0) is 17.9 Å². The van der Waals surface area contributed by atoms with Crippen LogP contribution in [0.1, 0.15) is 42.6 Å². The van der Waals surface area contributed by atoms with Gasteiger partial charge in [0, 0.05) is 44.0 Å². The van der Waals surface area contributed by atoms with E-state index in [1.165, 1.54) is 12.5 Å². The Balaban J connectivity index is 1.38. The SMILES string of the molecule is COc1cc(Cn2ccnc2C2CCN(Cc3ccc(NC(C)=O)cc3)CC2)cc(OC)c1OC. The summed E-state index contributed by atoms with van der Waals surface area (Å²) in [6.45, 7) is 5.16. The minimum Gasteiger partial charge on any atom is -0.493 e. The van der Waals surface area contributed by atoms with E-state index in [-0.39, 0.29) is 5.91 Å². The molecule has 1 aromatic heterocycles. The summed E-state index contributed by atoms with van der Waals surface area (Å²) in [4.78, 5) is 18.4. The summed E-state index contributed by atoms with van der Waals surface area (Å²) in [5.41, 5.74) is 3.15. The molecule has 1 saturated heterocycles. The Morgan fingerprint density at radius 2 is 1.63 bits per heavy atom. The van der Waals surface area contributed by atoms with E-state index < -0.39 is 0 Å². The van der Waals surface area contributed by atoms with Gasteiger partial charge in [-0.1, -0.05) is 12.1 Å². The van der Waals surface area contributed by atoms with Gasteiger partial charge in [0.2, 0.25) is 11.7 Å². The number of imidazole rings is 1. The van der Waals surface area contributed by atoms with Crippen molar-refractivity contribution in [1.82, 2.24) is 14.5 Å². The van der Waals surface area contributed by atoms with Crippen LogP contribution in [0.4, 0.5) is 5.69 Å². The Kier molecular flexibility index (Phi) is 7.92. The average Bonchev–Trinajstić information content (AvgIpc) is 3.32. The number of piperidine rings is 1. The quantitative estimate of drug-likeness (QED) is 0.494. The lowest BCUT2D eigenvalue weighted by molar-refractivity contribution is -0.114. The van der Waals surface area contributed by atoms with Gasteiger partial charge in [-0.25, -0.2) is 4.98 Å². The average molecular weight is 479 g/mol. The van der Waals surface area contributed by atoms with Crippen molar-refractivity contribution in [1.29, 1.82) is 0 Å². The number of methoxy groups -OCH3 is 3. The van der Waals surface area contributed by atoms with Gasteiger partial charge in [0.1, 0.15) is 5.82 Å². The molecule has 3 aromatic rings. The Bertz CT molecular complexity index is 1110. The first-order valence-electron chi connectivity index (χ1n) is 11.9. The second-order valence-electron chi connectivity index (χ2n) is 8.88. The highest BCUT2D eigenvalue weighted by atomic mass is 16.5. The number of ether oxygens (including phenoxy) is 3. The maximum Gasteiger partial charge on any atom is 0.221 e. The van der Waals surface area contributed by atoms with Crippen molar-refractivity contribution in [2.75, 3.05) is 39.7 Å². The van der Waals surface area contributed by atoms with Gasteiger partial charge < -0.3 is 24.1 Å². The summed E-state index contributed by atoms with van der Waals surface area (Å²) < 4.78 is 18.7. The lowest BCUT2D eigenvalue weighted by Crippen LogP contribution is -2.33. The van der Waals surface area contributed by atoms with E-state index in [0.717, 1.165) is 49.6 Å². The van der Waals surface area contributed by atoms with Gasteiger partial charge in [0.15, 0.2) is 11.5 Å². The molecule has 8 heteroatoms. The van der Waals surface area contributed by atoms with Crippen molar-refractivity contribution in [3.05, 3.63) is 65.7 Å². The Morgan fingerprint density at radius 1 is 0.971 bits per heavy atom. The van der Waals surface area contributed by atoms with E-state index in [9.17, 15) is 4.79 Å². The predicted molar refractivity (Wildman–Crippen MR) is 135 cm³/mol. The number of carbonyl (C=O) groups excluding carboxylic acids is 1. The molecule has 35 heavy (non-hydrogen) atoms. The number of benzene rings is 2. The molecule has 1 amide bonds. The Morgan fingerprint density at radius 3 is 2.20 bits per heavy atom. The highest BCUT2D eigenvalue weighted by Crippen LogP contribution is 2.38. The summed E-state index contributed by atoms with van der Waals surface area (Å²) in [5.74, 6) is 3.40. The van der Waals surface area contributed by atoms with Crippen LogP contribution in [0, 0.1) is 0 Å². The van der Waals surface area contributed by atoms with Crippen LogP contribution in [0.15, 0.2) is 48.8 Å². The second-order valence-corrected chi connectivity index (χ2v) is 8.88. The molecule has 0 aliphatic carbocycles. The summed E-state index contributed by atoms with van der Waals surface area (Å²) in [7, 11) is 4.88. The first-order valence-corrected chi connectivity index (χ1v) is 11.9. The maximum absolute atomic E-state index is 11.2. The molecule has 1 aliphatic rings. The van der Waals surface area contributed by atoms with Crippen LogP contribution < -0.4 is 19.5 Å². The van der Waals surface area contributed by atoms with Gasteiger partial charge in [-0.3, -0.25) is 9.69 Å². The van der Waals surface area contributed by atoms with Crippen molar-refractivity contribution >= 4 is 11.6 Å². The second kappa shape index (κ2) is 11.3. The minimum atomic E-state index is -0.0524. The summed E-state index contributed by atoms with van der Waals surface area (Å²) >= 11 is 0. The number of carbonyl (C=O) groups is 1. The fourth-order valence-corrected chi connectivity index (χ4v) is 4.74. The number of hydrogen-bond donors (Lipinski definition) is 1. The number of aromatic nitrogens is 2. The fourth-order valence-electron chi connectivity index (χ4n) is 4.74. The number of hydrogen-bond acceptors (Lipinski definition) is 6. The van der Waals surface area contributed by atoms with Gasteiger partial charge in [0.25, 0.3) is 0 Å². The number of nitrogens with zero attached hydrogens (tertiary/aromatic N) is 3. The standard InChI is InChI=1S/C27H34N4O4/c1-19(32)29-23-7-5-20(6-8-23)17-30-12-9-22(10-13-30)27-28-11-14-31(27)18-21-15-24(33-2)26(35-4)25(16-21)34-3/h5-8,11,14-16,22H,9-10,12-13,17-18H2,1-4H3,(H,29,32). The highest BCUT2D eigenvalue weighted by molar-refractivity contribution is 5.88. The molecule has 0 spiro atoms. The van der Waals surface area contributed by atoms with Crippen LogP contribution in [-0.4, -0.2) is 54.8 Å². The van der Waals surface area contributed by atoms with Crippen molar-refractivity contribution in [3.8, 4) is 17.2 Å². The number of likely N-dealkylation sites (tertiary alicyclic amines) is 1. The molecule has 1 aliphatic heterocycles. The van der Waals surface area contributed by atoms with Gasteiger partial charge in [-0.2, -0.15) is 0 Å². The molecule has 0 unspecified atom stereocenters. The van der Waals surface area contributed by atoms with E-state index >= 15 is 0 Å². The summed E-state index contributed by atoms with van der Waals surface area (Å²) in [6.07, 6.45) is 6.06. The molecule has 2 aromatic carbocycles. The molecule has 2 heterocycles. The van der Waals surface area contributed by atoms with Crippen LogP contribution in [0.5, 0.6) is 17.2 Å². The van der Waals surface area contributed by atoms with Crippen molar-refractivity contribution in [2.45, 2.75) is 38.8 Å². The molecule has 0 radical (unpaired) electrons. The Hall–Kier alpha value is -3.52. The molecular formula is C27H34N4O4. The first kappa shape index (κ1) is 24.6. The van der Waals surface area contributed by atoms with Gasteiger partial charge in [-0.05, 0) is 61.3 Å². The topological polar surface area (TPSA) is 77.9 Å². The zero-order chi connectivity index (χ0) is 24.8. The van der Waals surface area contributed by atoms with Crippen molar-refractivity contribution in [3.63, 3.8) is 0 Å². The van der Waals surface area contributed by atoms with E-state index in [0.29, 0.717) is 29.7 Å². The zero-order valence-corrected chi connectivity index (χ0v) is 20.9. The number of amides is 1. The molecule has 1 N–H and O–H groups in total. The summed E-state index contributed by atoms with van der Waals surface area (Å²) in [6, 6.07) is 12.1. The monoisotopic (exact) mass is 478 g/mol. The van der Waals surface area contributed by atoms with Gasteiger partial charge >= 0.3 is 0 Å². The lowest BCUT2D eigenvalue weighted by Gasteiger charge is -2.32. The van der Waals surface area contributed by atoms with Crippen LogP contribution in [0.2, 0.25) is 0 Å². The third-order valence-corrected chi connectivity index (χ3v) is 6.46. The largest absolute Gasteiger partial charge is 0.493 e. The van der Waals surface area contributed by atoms with E-state index in [4.69, 9.17) is 19.2 Å². The van der Waals surface area contributed by atoms with Gasteiger partial charge in [-0.15, -0.1) is 0 Å². The van der Waals surface area contributed by atoms with Crippen LogP contribution in [0.25, 0.3) is 0 Å². The number of anilines is 1. The molecular weight excluding hydrogens is 444 g/mol. The van der Waals surface area contributed by atoms with E-state index in [1.807, 2.05) is 36.7 Å². The lowest BCUT2D eigenvalue weighted by atomic mass is 9.95. The normalized spacial score (nSPS) is 14.5. The number of rotatable bonds is 9. The third kappa shape index (κ3) is 5.95. The van der Waals surface area contributed by atoms with E-state index in [2.05, 4.69) is 26.9 Å². The third-order valence-electron chi connectivity index (χ3n) is 6.46. The molecule has 1 fully saturated rings. The maximum atomic E-state index is 11.2. The Labute approximate surface area is 206 Å². The fraction of sp³-hybridized carbons (Fsp3) is 0.407. The van der Waals surface area contributed by atoms with Crippen LogP contribution in [0.3, 0.4) is 0 Å². The molecule has 0 bridgehead atoms. The van der Waals surface area contributed by atoms with Gasteiger partial charge in [0.05, 0.1) is 21.3 Å². The molecule has 186 valence electrons. The molecule has 4 rings (SSSR count).